The second-order valence-electron chi connectivity index (χ2n) is 12.6. The van der Waals surface area contributed by atoms with Crippen LogP contribution >= 0.6 is 0 Å². The summed E-state index contributed by atoms with van der Waals surface area (Å²) in [5.74, 6) is 3.61. The SMILES string of the molecule is CC[C@H]1[C@H](O)CC2=CC=C3[C@@H]4CC[C@H]([C@H](C)CCCC(C)C)[C@@]4(C)CC[C@@H]3[C@@]2(C)[C@H]1O. The summed E-state index contributed by atoms with van der Waals surface area (Å²) >= 11 is 0. The Hall–Kier alpha value is -0.600. The number of rotatable bonds is 6. The first-order valence-corrected chi connectivity index (χ1v) is 13.4. The van der Waals surface area contributed by atoms with Crippen LogP contribution < -0.4 is 0 Å². The van der Waals surface area contributed by atoms with Crippen LogP contribution in [0.15, 0.2) is 23.3 Å². The summed E-state index contributed by atoms with van der Waals surface area (Å²) in [5, 5.41) is 22.2. The van der Waals surface area contributed by atoms with Gasteiger partial charge in [-0.2, -0.15) is 0 Å². The van der Waals surface area contributed by atoms with Gasteiger partial charge in [-0.25, -0.2) is 0 Å². The third kappa shape index (κ3) is 3.68. The highest BCUT2D eigenvalue weighted by Gasteiger charge is 2.60. The standard InChI is InChI=1S/C29H48O2/c1-7-21-26(30)17-20-11-12-22-24-14-13-23(19(4)10-8-9-18(2)3)28(24,5)16-15-25(22)29(20,6)27(21)31/h11-12,18-19,21,23-27,30-31H,7-10,13-17H2,1-6H3/t19-,21+,23-,24+,25+,26-,27+,28-,29+/m1/s1. The molecule has 31 heavy (non-hydrogen) atoms. The van der Waals surface area contributed by atoms with Crippen molar-refractivity contribution in [2.24, 2.45) is 46.3 Å². The zero-order chi connectivity index (χ0) is 22.6. The van der Waals surface area contributed by atoms with Crippen LogP contribution in [-0.4, -0.2) is 22.4 Å². The molecule has 4 aliphatic rings. The molecule has 2 nitrogen and oxygen atoms in total. The Bertz CT molecular complexity index is 720. The lowest BCUT2D eigenvalue weighted by Crippen LogP contribution is -2.56. The molecule has 4 rings (SSSR count). The highest BCUT2D eigenvalue weighted by atomic mass is 16.3. The number of hydrogen-bond donors (Lipinski definition) is 2. The fraction of sp³-hybridized carbons (Fsp3) is 0.862. The zero-order valence-corrected chi connectivity index (χ0v) is 21.0. The van der Waals surface area contributed by atoms with E-state index in [1.54, 1.807) is 5.57 Å². The van der Waals surface area contributed by atoms with Crippen molar-refractivity contribution in [1.82, 2.24) is 0 Å². The Morgan fingerprint density at radius 1 is 1.00 bits per heavy atom. The van der Waals surface area contributed by atoms with Crippen molar-refractivity contribution in [1.29, 1.82) is 0 Å². The molecule has 0 aliphatic heterocycles. The summed E-state index contributed by atoms with van der Waals surface area (Å²) in [6, 6.07) is 0. The minimum atomic E-state index is -0.433. The van der Waals surface area contributed by atoms with E-state index in [0.29, 0.717) is 17.3 Å². The van der Waals surface area contributed by atoms with Crippen molar-refractivity contribution in [3.8, 4) is 0 Å². The minimum absolute atomic E-state index is 0.00659. The number of aliphatic hydroxyl groups excluding tert-OH is 2. The highest BCUT2D eigenvalue weighted by Crippen LogP contribution is 2.66. The van der Waals surface area contributed by atoms with E-state index >= 15 is 0 Å². The number of fused-ring (bicyclic) bond motifs is 5. The molecule has 9 atom stereocenters. The predicted molar refractivity (Wildman–Crippen MR) is 130 cm³/mol. The van der Waals surface area contributed by atoms with Crippen molar-refractivity contribution < 1.29 is 10.2 Å². The second-order valence-corrected chi connectivity index (χ2v) is 12.6. The second kappa shape index (κ2) is 8.64. The van der Waals surface area contributed by atoms with Gasteiger partial charge in [-0.15, -0.1) is 0 Å². The van der Waals surface area contributed by atoms with Gasteiger partial charge < -0.3 is 10.2 Å². The number of allylic oxidation sites excluding steroid dienone is 3. The third-order valence-corrected chi connectivity index (χ3v) is 10.6. The summed E-state index contributed by atoms with van der Waals surface area (Å²) in [4.78, 5) is 0. The summed E-state index contributed by atoms with van der Waals surface area (Å²) in [7, 11) is 0. The first kappa shape index (κ1) is 23.6. The normalized spacial score (nSPS) is 45.5. The van der Waals surface area contributed by atoms with Gasteiger partial charge in [0, 0.05) is 11.3 Å². The predicted octanol–water partition coefficient (Wildman–Crippen LogP) is 6.92. The lowest BCUT2D eigenvalue weighted by atomic mass is 9.48. The fourth-order valence-electron chi connectivity index (χ4n) is 8.71. The Balaban J connectivity index is 1.57. The van der Waals surface area contributed by atoms with Crippen LogP contribution in [-0.2, 0) is 0 Å². The zero-order valence-electron chi connectivity index (χ0n) is 21.0. The maximum absolute atomic E-state index is 11.5. The Labute approximate surface area is 191 Å². The molecular weight excluding hydrogens is 380 g/mol. The molecule has 0 amide bonds. The van der Waals surface area contributed by atoms with Gasteiger partial charge in [0.25, 0.3) is 0 Å². The van der Waals surface area contributed by atoms with E-state index in [1.165, 1.54) is 50.5 Å². The van der Waals surface area contributed by atoms with Gasteiger partial charge in [0.15, 0.2) is 0 Å². The van der Waals surface area contributed by atoms with Gasteiger partial charge in [-0.3, -0.25) is 0 Å². The largest absolute Gasteiger partial charge is 0.392 e. The lowest BCUT2D eigenvalue weighted by molar-refractivity contribution is -0.0981. The van der Waals surface area contributed by atoms with Crippen molar-refractivity contribution in [2.45, 2.75) is 112 Å². The van der Waals surface area contributed by atoms with E-state index in [1.807, 2.05) is 0 Å². The maximum atomic E-state index is 11.5. The van der Waals surface area contributed by atoms with E-state index in [9.17, 15) is 10.2 Å². The molecule has 0 aromatic carbocycles. The van der Waals surface area contributed by atoms with E-state index in [-0.39, 0.29) is 11.3 Å². The van der Waals surface area contributed by atoms with E-state index in [2.05, 4.69) is 53.7 Å². The van der Waals surface area contributed by atoms with E-state index in [0.717, 1.165) is 30.6 Å². The van der Waals surface area contributed by atoms with Crippen LogP contribution in [0.3, 0.4) is 0 Å². The lowest BCUT2D eigenvalue weighted by Gasteiger charge is -2.58. The van der Waals surface area contributed by atoms with Crippen LogP contribution in [0.4, 0.5) is 0 Å². The fourth-order valence-corrected chi connectivity index (χ4v) is 8.71. The van der Waals surface area contributed by atoms with E-state index < -0.39 is 12.2 Å². The molecule has 4 aliphatic carbocycles. The van der Waals surface area contributed by atoms with Gasteiger partial charge in [-0.05, 0) is 73.5 Å². The smallest absolute Gasteiger partial charge is 0.0689 e. The van der Waals surface area contributed by atoms with Crippen LogP contribution in [0.2, 0.25) is 0 Å². The van der Waals surface area contributed by atoms with Crippen LogP contribution in [0.25, 0.3) is 0 Å². The van der Waals surface area contributed by atoms with Crippen molar-refractivity contribution in [3.63, 3.8) is 0 Å². The van der Waals surface area contributed by atoms with Crippen molar-refractivity contribution >= 4 is 0 Å². The van der Waals surface area contributed by atoms with Gasteiger partial charge in [-0.1, -0.05) is 84.1 Å². The van der Waals surface area contributed by atoms with Gasteiger partial charge in [0.05, 0.1) is 12.2 Å². The highest BCUT2D eigenvalue weighted by molar-refractivity contribution is 5.40. The molecule has 0 bridgehead atoms. The van der Waals surface area contributed by atoms with E-state index in [4.69, 9.17) is 0 Å². The summed E-state index contributed by atoms with van der Waals surface area (Å²) < 4.78 is 0. The molecule has 3 fully saturated rings. The molecule has 0 radical (unpaired) electrons. The summed E-state index contributed by atoms with van der Waals surface area (Å²) in [5.41, 5.74) is 3.17. The monoisotopic (exact) mass is 428 g/mol. The van der Waals surface area contributed by atoms with Crippen LogP contribution in [0, 0.1) is 46.3 Å². The topological polar surface area (TPSA) is 40.5 Å². The van der Waals surface area contributed by atoms with Gasteiger partial charge in [0.2, 0.25) is 0 Å². The van der Waals surface area contributed by atoms with Crippen molar-refractivity contribution in [2.75, 3.05) is 0 Å². The molecule has 0 aromatic heterocycles. The molecular formula is C29H48O2. The van der Waals surface area contributed by atoms with Crippen molar-refractivity contribution in [3.05, 3.63) is 23.3 Å². The maximum Gasteiger partial charge on any atom is 0.0689 e. The summed E-state index contributed by atoms with van der Waals surface area (Å²) in [6.45, 7) is 14.3. The molecule has 0 spiro atoms. The Kier molecular flexibility index (Phi) is 6.56. The molecule has 2 heteroatoms. The van der Waals surface area contributed by atoms with Crippen LogP contribution in [0.1, 0.15) is 99.3 Å². The number of hydrogen-bond acceptors (Lipinski definition) is 2. The first-order valence-electron chi connectivity index (χ1n) is 13.4. The first-order chi connectivity index (χ1) is 14.6. The molecule has 0 unspecified atom stereocenters. The molecule has 0 heterocycles. The molecule has 2 N–H and O–H groups in total. The molecule has 3 saturated carbocycles. The van der Waals surface area contributed by atoms with Gasteiger partial charge in [0.1, 0.15) is 0 Å². The molecule has 0 saturated heterocycles. The molecule has 0 aromatic rings. The average molecular weight is 429 g/mol. The van der Waals surface area contributed by atoms with Crippen LogP contribution in [0.5, 0.6) is 0 Å². The minimum Gasteiger partial charge on any atom is -0.392 e. The Morgan fingerprint density at radius 3 is 2.42 bits per heavy atom. The average Bonchev–Trinajstić information content (AvgIpc) is 3.06. The van der Waals surface area contributed by atoms with Gasteiger partial charge >= 0.3 is 0 Å². The quantitative estimate of drug-likeness (QED) is 0.482. The third-order valence-electron chi connectivity index (χ3n) is 10.6. The summed E-state index contributed by atoms with van der Waals surface area (Å²) in [6.07, 6.45) is 14.8. The molecule has 176 valence electrons. The Morgan fingerprint density at radius 2 is 1.74 bits per heavy atom. The number of aliphatic hydroxyl groups is 2.